The third-order valence-corrected chi connectivity index (χ3v) is 6.54. The number of alkyl halides is 2. The number of nitriles is 1. The second kappa shape index (κ2) is 7.61. The van der Waals surface area contributed by atoms with E-state index in [1.54, 1.807) is 4.68 Å². The Morgan fingerprint density at radius 1 is 1.23 bits per heavy atom. The van der Waals surface area contributed by atoms with Gasteiger partial charge in [-0.2, -0.15) is 10.4 Å². The number of anilines is 1. The van der Waals surface area contributed by atoms with Gasteiger partial charge in [0.05, 0.1) is 18.0 Å². The number of carbonyl (C=O) groups excluding carboxylic acids is 2. The van der Waals surface area contributed by atoms with Crippen molar-refractivity contribution in [2.24, 2.45) is 11.7 Å². The molecule has 4 N–H and O–H groups in total. The highest BCUT2D eigenvalue weighted by Crippen LogP contribution is 2.41. The van der Waals surface area contributed by atoms with Crippen LogP contribution in [0.4, 0.5) is 14.6 Å². The molecule has 8 nitrogen and oxygen atoms in total. The highest BCUT2D eigenvalue weighted by atomic mass is 19.3. The average Bonchev–Trinajstić information content (AvgIpc) is 3.42. The molecule has 162 valence electrons. The standard InChI is InChI=1S/C20H26F2N6O2/c21-20(22)9-14(10-20)25-13-3-5-19(6-4-13,7-8-23)28-11-15(16(24)29)17(27-28)26-18(30)12-1-2-12/h11-14,25H,1-7,9-10H2,(H2,24,29)(H,26,27,30). The number of nitrogens with zero attached hydrogens (tertiary/aromatic N) is 3. The Kier molecular flexibility index (Phi) is 5.26. The van der Waals surface area contributed by atoms with E-state index in [-0.39, 0.29) is 54.6 Å². The number of amides is 2. The van der Waals surface area contributed by atoms with Crippen molar-refractivity contribution in [3.05, 3.63) is 11.8 Å². The molecule has 0 saturated heterocycles. The molecule has 0 aliphatic heterocycles. The van der Waals surface area contributed by atoms with Crippen molar-refractivity contribution in [1.82, 2.24) is 15.1 Å². The van der Waals surface area contributed by atoms with Crippen molar-refractivity contribution < 1.29 is 18.4 Å². The Morgan fingerprint density at radius 2 is 1.90 bits per heavy atom. The summed E-state index contributed by atoms with van der Waals surface area (Å²) < 4.78 is 27.8. The SMILES string of the molecule is N#CCC1(n2cc(C(N)=O)c(NC(=O)C3CC3)n2)CCC(NC2CC(F)(F)C2)CC1. The third kappa shape index (κ3) is 4.17. The maximum Gasteiger partial charge on any atom is 0.254 e. The van der Waals surface area contributed by atoms with E-state index in [0.29, 0.717) is 25.7 Å². The topological polar surface area (TPSA) is 126 Å². The molecule has 4 rings (SSSR count). The van der Waals surface area contributed by atoms with Crippen LogP contribution in [0.2, 0.25) is 0 Å². The lowest BCUT2D eigenvalue weighted by molar-refractivity contribution is -0.117. The summed E-state index contributed by atoms with van der Waals surface area (Å²) in [5.74, 6) is -3.35. The molecule has 2 amide bonds. The van der Waals surface area contributed by atoms with E-state index in [0.717, 1.165) is 12.8 Å². The van der Waals surface area contributed by atoms with Crippen LogP contribution in [0.25, 0.3) is 0 Å². The average molecular weight is 420 g/mol. The summed E-state index contributed by atoms with van der Waals surface area (Å²) in [5, 5.41) is 19.9. The van der Waals surface area contributed by atoms with Gasteiger partial charge in [-0.05, 0) is 38.5 Å². The summed E-state index contributed by atoms with van der Waals surface area (Å²) in [4.78, 5) is 24.0. The fourth-order valence-corrected chi connectivity index (χ4v) is 4.52. The van der Waals surface area contributed by atoms with Crippen LogP contribution >= 0.6 is 0 Å². The van der Waals surface area contributed by atoms with E-state index in [9.17, 15) is 23.6 Å². The van der Waals surface area contributed by atoms with Crippen LogP contribution in [0.15, 0.2) is 6.20 Å². The first-order valence-corrected chi connectivity index (χ1v) is 10.4. The summed E-state index contributed by atoms with van der Waals surface area (Å²) in [6, 6.07) is 2.15. The quantitative estimate of drug-likeness (QED) is 0.624. The Morgan fingerprint density at radius 3 is 2.43 bits per heavy atom. The largest absolute Gasteiger partial charge is 0.365 e. The number of hydrogen-bond donors (Lipinski definition) is 3. The molecule has 1 aromatic heterocycles. The number of carbonyl (C=O) groups is 2. The van der Waals surface area contributed by atoms with E-state index in [2.05, 4.69) is 21.8 Å². The first-order chi connectivity index (χ1) is 14.2. The molecule has 0 spiro atoms. The van der Waals surface area contributed by atoms with Gasteiger partial charge in [-0.3, -0.25) is 14.3 Å². The predicted octanol–water partition coefficient (Wildman–Crippen LogP) is 2.27. The molecule has 0 radical (unpaired) electrons. The Balaban J connectivity index is 1.48. The van der Waals surface area contributed by atoms with Crippen molar-refractivity contribution >= 4 is 17.6 Å². The van der Waals surface area contributed by atoms with Crippen molar-refractivity contribution in [3.63, 3.8) is 0 Å². The van der Waals surface area contributed by atoms with Crippen LogP contribution < -0.4 is 16.4 Å². The van der Waals surface area contributed by atoms with Crippen LogP contribution in [0.1, 0.15) is 68.1 Å². The molecular formula is C20H26F2N6O2. The number of aromatic nitrogens is 2. The lowest BCUT2D eigenvalue weighted by atomic mass is 9.76. The van der Waals surface area contributed by atoms with Crippen molar-refractivity contribution in [3.8, 4) is 6.07 Å². The highest BCUT2D eigenvalue weighted by Gasteiger charge is 2.47. The molecule has 10 heteroatoms. The molecule has 0 atom stereocenters. The third-order valence-electron chi connectivity index (χ3n) is 6.54. The molecule has 3 aliphatic rings. The molecule has 0 unspecified atom stereocenters. The van der Waals surface area contributed by atoms with Crippen LogP contribution in [0.5, 0.6) is 0 Å². The number of rotatable bonds is 7. The zero-order chi connectivity index (χ0) is 21.5. The van der Waals surface area contributed by atoms with Crippen LogP contribution in [0, 0.1) is 17.2 Å². The maximum atomic E-state index is 13.1. The number of hydrogen-bond acceptors (Lipinski definition) is 5. The number of primary amides is 1. The van der Waals surface area contributed by atoms with Gasteiger partial charge < -0.3 is 16.4 Å². The van der Waals surface area contributed by atoms with E-state index in [1.165, 1.54) is 6.20 Å². The van der Waals surface area contributed by atoms with Crippen LogP contribution in [0.3, 0.4) is 0 Å². The zero-order valence-corrected chi connectivity index (χ0v) is 16.7. The first-order valence-electron chi connectivity index (χ1n) is 10.4. The molecular weight excluding hydrogens is 394 g/mol. The minimum atomic E-state index is -2.56. The highest BCUT2D eigenvalue weighted by molar-refractivity contribution is 6.02. The predicted molar refractivity (Wildman–Crippen MR) is 104 cm³/mol. The lowest BCUT2D eigenvalue weighted by Crippen LogP contribution is -2.53. The Bertz CT molecular complexity index is 872. The molecule has 1 aromatic rings. The van der Waals surface area contributed by atoms with Gasteiger partial charge in [-0.1, -0.05) is 0 Å². The van der Waals surface area contributed by atoms with Gasteiger partial charge in [-0.15, -0.1) is 0 Å². The van der Waals surface area contributed by atoms with Gasteiger partial charge in [0.2, 0.25) is 5.91 Å². The first kappa shape index (κ1) is 20.7. The van der Waals surface area contributed by atoms with Gasteiger partial charge in [0, 0.05) is 37.0 Å². The smallest absolute Gasteiger partial charge is 0.254 e. The molecule has 1 heterocycles. The van der Waals surface area contributed by atoms with Crippen molar-refractivity contribution in [1.29, 1.82) is 5.26 Å². The monoisotopic (exact) mass is 420 g/mol. The molecule has 3 fully saturated rings. The molecule has 0 aromatic carbocycles. The van der Waals surface area contributed by atoms with Gasteiger partial charge in [0.1, 0.15) is 5.56 Å². The number of halogens is 2. The Labute approximate surface area is 173 Å². The molecule has 30 heavy (non-hydrogen) atoms. The summed E-state index contributed by atoms with van der Waals surface area (Å²) >= 11 is 0. The van der Waals surface area contributed by atoms with Crippen LogP contribution in [-0.2, 0) is 10.3 Å². The number of nitrogens with one attached hydrogen (secondary N) is 2. The molecule has 0 bridgehead atoms. The molecule has 3 saturated carbocycles. The summed E-state index contributed by atoms with van der Waals surface area (Å²) in [6.45, 7) is 0. The van der Waals surface area contributed by atoms with Gasteiger partial charge >= 0.3 is 0 Å². The fraction of sp³-hybridized carbons (Fsp3) is 0.700. The fourth-order valence-electron chi connectivity index (χ4n) is 4.52. The van der Waals surface area contributed by atoms with Crippen LogP contribution in [-0.4, -0.2) is 39.6 Å². The maximum absolute atomic E-state index is 13.1. The number of nitrogens with two attached hydrogens (primary N) is 1. The lowest BCUT2D eigenvalue weighted by Gasteiger charge is -2.43. The second-order valence-corrected chi connectivity index (χ2v) is 8.93. The minimum Gasteiger partial charge on any atom is -0.365 e. The molecule has 3 aliphatic carbocycles. The zero-order valence-electron chi connectivity index (χ0n) is 16.7. The summed E-state index contributed by atoms with van der Waals surface area (Å²) in [6.07, 6.45) is 5.72. The van der Waals surface area contributed by atoms with Gasteiger partial charge in [-0.25, -0.2) is 8.78 Å². The second-order valence-electron chi connectivity index (χ2n) is 8.93. The van der Waals surface area contributed by atoms with E-state index < -0.39 is 17.4 Å². The summed E-state index contributed by atoms with van der Waals surface area (Å²) in [7, 11) is 0. The van der Waals surface area contributed by atoms with Crippen molar-refractivity contribution in [2.75, 3.05) is 5.32 Å². The minimum absolute atomic E-state index is 0.0515. The van der Waals surface area contributed by atoms with Gasteiger partial charge in [0.25, 0.3) is 11.8 Å². The van der Waals surface area contributed by atoms with E-state index in [4.69, 9.17) is 5.73 Å². The summed E-state index contributed by atoms with van der Waals surface area (Å²) in [5.41, 5.74) is 4.98. The van der Waals surface area contributed by atoms with E-state index in [1.807, 2.05) is 0 Å². The Hall–Kier alpha value is -2.54. The normalized spacial score (nSPS) is 28.4. The van der Waals surface area contributed by atoms with Gasteiger partial charge in [0.15, 0.2) is 5.82 Å². The van der Waals surface area contributed by atoms with E-state index >= 15 is 0 Å². The van der Waals surface area contributed by atoms with Crippen molar-refractivity contribution in [2.45, 2.75) is 81.3 Å².